The van der Waals surface area contributed by atoms with E-state index in [-0.39, 0.29) is 0 Å². The molecule has 0 spiro atoms. The van der Waals surface area contributed by atoms with Gasteiger partial charge in [0.1, 0.15) is 0 Å². The van der Waals surface area contributed by atoms with Crippen LogP contribution in [0.15, 0.2) is 46.6 Å². The van der Waals surface area contributed by atoms with Crippen LogP contribution in [-0.2, 0) is 16.0 Å². The lowest BCUT2D eigenvalue weighted by Gasteiger charge is -2.13. The maximum Gasteiger partial charge on any atom is 0.359 e. The molecule has 0 unspecified atom stereocenters. The summed E-state index contributed by atoms with van der Waals surface area (Å²) in [5.41, 5.74) is 4.70. The van der Waals surface area contributed by atoms with Crippen LogP contribution in [0.2, 0.25) is 0 Å². The van der Waals surface area contributed by atoms with E-state index >= 15 is 0 Å². The number of rotatable bonds is 2. The fraction of sp³-hybridized carbons (Fsp3) is 0.167. The third kappa shape index (κ3) is 1.88. The molecule has 2 aliphatic rings. The van der Waals surface area contributed by atoms with E-state index in [0.717, 1.165) is 22.5 Å². The maximum absolute atomic E-state index is 12.1. The number of carbonyl (C=O) groups is 1. The van der Waals surface area contributed by atoms with Gasteiger partial charge in [-0.1, -0.05) is 30.3 Å². The van der Waals surface area contributed by atoms with Gasteiger partial charge in [0.2, 0.25) is 0 Å². The molecule has 22 heavy (non-hydrogen) atoms. The van der Waals surface area contributed by atoms with Crippen molar-refractivity contribution in [2.45, 2.75) is 13.3 Å². The monoisotopic (exact) mass is 290 g/mol. The number of ether oxygens (including phenoxy) is 1. The van der Waals surface area contributed by atoms with Gasteiger partial charge in [-0.15, -0.1) is 10.2 Å². The van der Waals surface area contributed by atoms with Crippen molar-refractivity contribution in [1.82, 2.24) is 0 Å². The number of esters is 1. The van der Waals surface area contributed by atoms with E-state index < -0.39 is 5.97 Å². The summed E-state index contributed by atoms with van der Waals surface area (Å²) in [6.07, 6.45) is 2.97. The third-order valence-corrected chi connectivity index (χ3v) is 4.01. The molecule has 0 amide bonds. The topological polar surface area (TPSA) is 51.0 Å². The van der Waals surface area contributed by atoms with Gasteiger partial charge in [0, 0.05) is 5.22 Å². The minimum atomic E-state index is -0.411. The maximum atomic E-state index is 12.1. The first kappa shape index (κ1) is 13.0. The Labute approximate surface area is 127 Å². The van der Waals surface area contributed by atoms with Gasteiger partial charge in [-0.2, -0.15) is 0 Å². The third-order valence-electron chi connectivity index (χ3n) is 4.01. The number of carbonyl (C=O) groups excluding carboxylic acids is 1. The van der Waals surface area contributed by atoms with Gasteiger partial charge in [0.15, 0.2) is 5.70 Å². The van der Waals surface area contributed by atoms with Crippen LogP contribution in [0, 0.1) is 0 Å². The molecule has 0 bridgehead atoms. The van der Waals surface area contributed by atoms with Gasteiger partial charge in [-0.3, -0.25) is 0 Å². The van der Waals surface area contributed by atoms with Crippen molar-refractivity contribution >= 4 is 23.4 Å². The molecule has 2 aromatic rings. The first-order valence-electron chi connectivity index (χ1n) is 7.32. The zero-order valence-electron chi connectivity index (χ0n) is 12.2. The van der Waals surface area contributed by atoms with Gasteiger partial charge >= 0.3 is 5.97 Å². The Hall–Kier alpha value is -2.75. The van der Waals surface area contributed by atoms with E-state index in [9.17, 15) is 4.79 Å². The van der Waals surface area contributed by atoms with Gasteiger partial charge in [0.05, 0.1) is 12.3 Å². The molecule has 4 rings (SSSR count). The zero-order chi connectivity index (χ0) is 15.1. The first-order valence-corrected chi connectivity index (χ1v) is 7.32. The SMILES string of the molecule is CCOC(=O)C1=c2c(ccc3c2=Cc2ccccc2C3)N=N1. The number of hydrogen-bond acceptors (Lipinski definition) is 4. The lowest BCUT2D eigenvalue weighted by atomic mass is 9.91. The van der Waals surface area contributed by atoms with E-state index in [1.807, 2.05) is 18.2 Å². The number of fused-ring (bicyclic) bond motifs is 4. The van der Waals surface area contributed by atoms with E-state index in [1.165, 1.54) is 16.7 Å². The molecule has 0 aromatic heterocycles. The average Bonchev–Trinajstić information content (AvgIpc) is 2.98. The Morgan fingerprint density at radius 2 is 2.00 bits per heavy atom. The highest BCUT2D eigenvalue weighted by Crippen LogP contribution is 2.21. The quantitative estimate of drug-likeness (QED) is 0.679. The Morgan fingerprint density at radius 1 is 1.14 bits per heavy atom. The molecule has 0 saturated carbocycles. The second-order valence-corrected chi connectivity index (χ2v) is 5.32. The summed E-state index contributed by atoms with van der Waals surface area (Å²) in [5.74, 6) is -0.411. The second kappa shape index (κ2) is 4.91. The number of benzene rings is 2. The van der Waals surface area contributed by atoms with E-state index in [4.69, 9.17) is 4.74 Å². The minimum absolute atomic E-state index is 0.310. The van der Waals surface area contributed by atoms with Crippen molar-refractivity contribution in [1.29, 1.82) is 0 Å². The van der Waals surface area contributed by atoms with Gasteiger partial charge in [-0.25, -0.2) is 4.79 Å². The lowest BCUT2D eigenvalue weighted by molar-refractivity contribution is -0.136. The molecule has 0 N–H and O–H groups in total. The Bertz CT molecular complexity index is 942. The molecule has 0 radical (unpaired) electrons. The summed E-state index contributed by atoms with van der Waals surface area (Å²) >= 11 is 0. The standard InChI is InChI=1S/C18H14N2O2/c1-2-22-18(21)17-16-14-10-12-6-4-3-5-11(12)9-13(14)7-8-15(16)19-20-17/h3-8,10H,2,9H2,1H3. The summed E-state index contributed by atoms with van der Waals surface area (Å²) in [5, 5.41) is 9.98. The van der Waals surface area contributed by atoms with Gasteiger partial charge in [0.25, 0.3) is 0 Å². The summed E-state index contributed by atoms with van der Waals surface area (Å²) in [6, 6.07) is 12.3. The van der Waals surface area contributed by atoms with Crippen LogP contribution in [0.3, 0.4) is 0 Å². The normalized spacial score (nSPS) is 14.0. The van der Waals surface area contributed by atoms with E-state index in [0.29, 0.717) is 12.3 Å². The van der Waals surface area contributed by atoms with Gasteiger partial charge in [-0.05, 0) is 47.4 Å². The average molecular weight is 290 g/mol. The van der Waals surface area contributed by atoms with Crippen LogP contribution in [0.5, 0.6) is 0 Å². The predicted molar refractivity (Wildman–Crippen MR) is 83.1 cm³/mol. The van der Waals surface area contributed by atoms with Crippen molar-refractivity contribution in [2.75, 3.05) is 6.61 Å². The number of nitrogens with zero attached hydrogens (tertiary/aromatic N) is 2. The summed E-state index contributed by atoms with van der Waals surface area (Å²) in [7, 11) is 0. The molecular weight excluding hydrogens is 276 g/mol. The molecule has 1 heterocycles. The van der Waals surface area contributed by atoms with Crippen molar-refractivity contribution < 1.29 is 9.53 Å². The van der Waals surface area contributed by atoms with Crippen molar-refractivity contribution in [3.05, 3.63) is 63.5 Å². The molecule has 1 aliphatic carbocycles. The predicted octanol–water partition coefficient (Wildman–Crippen LogP) is 2.19. The van der Waals surface area contributed by atoms with Crippen LogP contribution in [0.25, 0.3) is 11.8 Å². The molecule has 2 aromatic carbocycles. The molecule has 4 nitrogen and oxygen atoms in total. The fourth-order valence-electron chi connectivity index (χ4n) is 3.00. The van der Waals surface area contributed by atoms with Crippen LogP contribution in [0.1, 0.15) is 23.6 Å². The van der Waals surface area contributed by atoms with Crippen LogP contribution in [-0.4, -0.2) is 12.6 Å². The molecule has 0 saturated heterocycles. The molecule has 1 aliphatic heterocycles. The number of hydrogen-bond donors (Lipinski definition) is 0. The highest BCUT2D eigenvalue weighted by molar-refractivity contribution is 6.10. The second-order valence-electron chi connectivity index (χ2n) is 5.32. The Morgan fingerprint density at radius 3 is 2.86 bits per heavy atom. The van der Waals surface area contributed by atoms with Crippen LogP contribution < -0.4 is 10.4 Å². The van der Waals surface area contributed by atoms with E-state index in [2.05, 4.69) is 34.5 Å². The molecule has 0 atom stereocenters. The van der Waals surface area contributed by atoms with Crippen LogP contribution in [0.4, 0.5) is 5.69 Å². The first-order chi connectivity index (χ1) is 10.8. The van der Waals surface area contributed by atoms with Crippen LogP contribution >= 0.6 is 0 Å². The fourth-order valence-corrected chi connectivity index (χ4v) is 3.00. The Balaban J connectivity index is 2.04. The molecular formula is C18H14N2O2. The van der Waals surface area contributed by atoms with Crippen molar-refractivity contribution in [2.24, 2.45) is 10.2 Å². The van der Waals surface area contributed by atoms with E-state index in [1.54, 1.807) is 6.92 Å². The zero-order valence-corrected chi connectivity index (χ0v) is 12.2. The minimum Gasteiger partial charge on any atom is -0.461 e. The molecule has 4 heteroatoms. The molecule has 0 fully saturated rings. The smallest absolute Gasteiger partial charge is 0.359 e. The summed E-state index contributed by atoms with van der Waals surface area (Å²) in [6.45, 7) is 2.11. The highest BCUT2D eigenvalue weighted by Gasteiger charge is 2.21. The van der Waals surface area contributed by atoms with Gasteiger partial charge < -0.3 is 4.74 Å². The lowest BCUT2D eigenvalue weighted by Crippen LogP contribution is -2.33. The summed E-state index contributed by atoms with van der Waals surface area (Å²) < 4.78 is 5.10. The summed E-state index contributed by atoms with van der Waals surface area (Å²) in [4.78, 5) is 12.1. The highest BCUT2D eigenvalue weighted by atomic mass is 16.5. The Kier molecular flexibility index (Phi) is 2.89. The largest absolute Gasteiger partial charge is 0.461 e. The van der Waals surface area contributed by atoms with Crippen molar-refractivity contribution in [3.63, 3.8) is 0 Å². The van der Waals surface area contributed by atoms with Crippen molar-refractivity contribution in [3.8, 4) is 0 Å². The number of azo groups is 1. The molecule has 108 valence electrons.